The summed E-state index contributed by atoms with van der Waals surface area (Å²) in [5.41, 5.74) is 0.790. The number of aliphatic hydroxyl groups is 1. The molecule has 0 aliphatic carbocycles. The van der Waals surface area contributed by atoms with Crippen molar-refractivity contribution in [3.63, 3.8) is 0 Å². The van der Waals surface area contributed by atoms with E-state index in [1.807, 2.05) is 18.2 Å². The molecule has 0 radical (unpaired) electrons. The number of para-hydroxylation sites is 1. The minimum Gasteiger partial charge on any atom is -0.462 e. The van der Waals surface area contributed by atoms with Crippen LogP contribution in [0, 0.1) is 0 Å². The number of rotatable bonds is 6. The first kappa shape index (κ1) is 19.1. The van der Waals surface area contributed by atoms with Crippen LogP contribution in [0.1, 0.15) is 22.8 Å². The first-order valence-electron chi connectivity index (χ1n) is 9.44. The standard InChI is InChI=1S/C20H23NO7/c1-2-25-20(24)16-12(11-5-3-4-6-13(11)21-19(16)23)7-8-26-15-10-28-17-14(22)9-27-18(15)17/h3-6,14-15,17-18,22H,2,7-10H2,1H3,(H,21,23)/t14-,15-,17+,18+/m0/s1. The van der Waals surface area contributed by atoms with Crippen molar-refractivity contribution in [3.8, 4) is 0 Å². The summed E-state index contributed by atoms with van der Waals surface area (Å²) >= 11 is 0. The number of aromatic nitrogens is 1. The van der Waals surface area contributed by atoms with Crippen LogP contribution in [0.4, 0.5) is 0 Å². The predicted molar refractivity (Wildman–Crippen MR) is 99.5 cm³/mol. The van der Waals surface area contributed by atoms with Gasteiger partial charge in [0.2, 0.25) is 0 Å². The van der Waals surface area contributed by atoms with E-state index in [0.717, 1.165) is 5.39 Å². The zero-order chi connectivity index (χ0) is 19.7. The minimum absolute atomic E-state index is 0.0113. The number of carbonyl (C=O) groups excluding carboxylic acids is 1. The quantitative estimate of drug-likeness (QED) is 0.704. The molecule has 2 aliphatic rings. The Kier molecular flexibility index (Phi) is 5.45. The van der Waals surface area contributed by atoms with Crippen molar-refractivity contribution in [1.29, 1.82) is 0 Å². The first-order valence-corrected chi connectivity index (χ1v) is 9.44. The molecule has 0 amide bonds. The fourth-order valence-corrected chi connectivity index (χ4v) is 3.89. The third-order valence-corrected chi connectivity index (χ3v) is 5.17. The molecule has 8 nitrogen and oxygen atoms in total. The Balaban J connectivity index is 1.56. The fourth-order valence-electron chi connectivity index (χ4n) is 3.89. The lowest BCUT2D eigenvalue weighted by atomic mass is 10.0. The summed E-state index contributed by atoms with van der Waals surface area (Å²) in [5.74, 6) is -0.643. The number of aromatic amines is 1. The second-order valence-electron chi connectivity index (χ2n) is 6.90. The monoisotopic (exact) mass is 389 g/mol. The van der Waals surface area contributed by atoms with Gasteiger partial charge in [-0.3, -0.25) is 4.79 Å². The largest absolute Gasteiger partial charge is 0.462 e. The molecule has 1 aromatic carbocycles. The molecule has 4 rings (SSSR count). The van der Waals surface area contributed by atoms with Crippen molar-refractivity contribution in [1.82, 2.24) is 4.98 Å². The normalized spacial score (nSPS) is 26.5. The van der Waals surface area contributed by atoms with Crippen LogP contribution in [-0.4, -0.2) is 66.9 Å². The van der Waals surface area contributed by atoms with Crippen LogP contribution in [0.5, 0.6) is 0 Å². The van der Waals surface area contributed by atoms with Gasteiger partial charge in [-0.15, -0.1) is 0 Å². The average Bonchev–Trinajstić information content (AvgIpc) is 3.25. The van der Waals surface area contributed by atoms with Gasteiger partial charge in [0.05, 0.1) is 26.4 Å². The van der Waals surface area contributed by atoms with Gasteiger partial charge in [0, 0.05) is 10.9 Å². The van der Waals surface area contributed by atoms with E-state index < -0.39 is 17.6 Å². The van der Waals surface area contributed by atoms with Gasteiger partial charge in [0.25, 0.3) is 5.56 Å². The Morgan fingerprint density at radius 2 is 2.04 bits per heavy atom. The van der Waals surface area contributed by atoms with E-state index >= 15 is 0 Å². The van der Waals surface area contributed by atoms with E-state index in [4.69, 9.17) is 18.9 Å². The minimum atomic E-state index is -0.643. The number of ether oxygens (including phenoxy) is 4. The van der Waals surface area contributed by atoms with Crippen LogP contribution in [-0.2, 0) is 25.4 Å². The van der Waals surface area contributed by atoms with Crippen molar-refractivity contribution in [2.24, 2.45) is 0 Å². The number of H-pyrrole nitrogens is 1. The molecule has 28 heavy (non-hydrogen) atoms. The molecule has 2 N–H and O–H groups in total. The highest BCUT2D eigenvalue weighted by Crippen LogP contribution is 2.29. The molecule has 2 fully saturated rings. The predicted octanol–water partition coefficient (Wildman–Crippen LogP) is 0.791. The van der Waals surface area contributed by atoms with E-state index in [0.29, 0.717) is 24.1 Å². The lowest BCUT2D eigenvalue weighted by molar-refractivity contribution is -0.0359. The second kappa shape index (κ2) is 8.00. The Hall–Kier alpha value is -2.26. The van der Waals surface area contributed by atoms with Gasteiger partial charge in [-0.1, -0.05) is 18.2 Å². The van der Waals surface area contributed by atoms with Crippen LogP contribution in [0.15, 0.2) is 29.1 Å². The lowest BCUT2D eigenvalue weighted by Gasteiger charge is -2.17. The molecular formula is C20H23NO7. The van der Waals surface area contributed by atoms with Crippen molar-refractivity contribution >= 4 is 16.9 Å². The van der Waals surface area contributed by atoms with E-state index in [1.165, 1.54) is 0 Å². The fraction of sp³-hybridized carbons (Fsp3) is 0.500. The maximum atomic E-state index is 12.5. The first-order chi connectivity index (χ1) is 13.6. The summed E-state index contributed by atoms with van der Waals surface area (Å²) in [5, 5.41) is 10.6. The van der Waals surface area contributed by atoms with E-state index in [1.54, 1.807) is 13.0 Å². The van der Waals surface area contributed by atoms with Gasteiger partial charge in [-0.25, -0.2) is 4.79 Å². The number of carbonyl (C=O) groups is 1. The molecule has 3 heterocycles. The van der Waals surface area contributed by atoms with Gasteiger partial charge in [-0.05, 0) is 25.0 Å². The van der Waals surface area contributed by atoms with Crippen molar-refractivity contribution in [3.05, 3.63) is 45.7 Å². The summed E-state index contributed by atoms with van der Waals surface area (Å²) in [7, 11) is 0. The van der Waals surface area contributed by atoms with Gasteiger partial charge >= 0.3 is 5.97 Å². The number of pyridine rings is 1. The number of esters is 1. The van der Waals surface area contributed by atoms with E-state index in [2.05, 4.69) is 4.98 Å². The van der Waals surface area contributed by atoms with Crippen LogP contribution in [0.25, 0.3) is 10.9 Å². The SMILES string of the molecule is CCOC(=O)c1c(CCO[C@H]2CO[C@H]3[C@@H]2OC[C@@H]3O)c2ccccc2[nH]c1=O. The van der Waals surface area contributed by atoms with Crippen LogP contribution in [0.2, 0.25) is 0 Å². The molecule has 2 aromatic rings. The van der Waals surface area contributed by atoms with Gasteiger partial charge in [0.15, 0.2) is 0 Å². The average molecular weight is 389 g/mol. The molecule has 0 spiro atoms. The van der Waals surface area contributed by atoms with E-state index in [-0.39, 0.29) is 43.7 Å². The highest BCUT2D eigenvalue weighted by molar-refractivity contribution is 5.96. The lowest BCUT2D eigenvalue weighted by Crippen LogP contribution is -2.33. The molecule has 0 saturated carbocycles. The van der Waals surface area contributed by atoms with Crippen molar-refractivity contribution in [2.45, 2.75) is 37.8 Å². The highest BCUT2D eigenvalue weighted by Gasteiger charge is 2.47. The molecule has 150 valence electrons. The molecule has 8 heteroatoms. The van der Waals surface area contributed by atoms with Crippen molar-refractivity contribution < 1.29 is 28.8 Å². The number of fused-ring (bicyclic) bond motifs is 2. The third-order valence-electron chi connectivity index (χ3n) is 5.17. The Morgan fingerprint density at radius 3 is 2.86 bits per heavy atom. The molecule has 1 aromatic heterocycles. The topological polar surface area (TPSA) is 107 Å². The Bertz CT molecular complexity index is 924. The summed E-state index contributed by atoms with van der Waals surface area (Å²) in [6.07, 6.45) is -1.22. The van der Waals surface area contributed by atoms with Crippen LogP contribution < -0.4 is 5.56 Å². The van der Waals surface area contributed by atoms with Gasteiger partial charge in [0.1, 0.15) is 30.0 Å². The zero-order valence-corrected chi connectivity index (χ0v) is 15.6. The summed E-state index contributed by atoms with van der Waals surface area (Å²) in [4.78, 5) is 27.6. The molecule has 0 bridgehead atoms. The van der Waals surface area contributed by atoms with Gasteiger partial charge in [-0.2, -0.15) is 0 Å². The van der Waals surface area contributed by atoms with Crippen LogP contribution >= 0.6 is 0 Å². The third kappa shape index (κ3) is 3.44. The van der Waals surface area contributed by atoms with Gasteiger partial charge < -0.3 is 29.0 Å². The Labute approximate surface area is 161 Å². The molecule has 2 aliphatic heterocycles. The zero-order valence-electron chi connectivity index (χ0n) is 15.6. The molecule has 0 unspecified atom stereocenters. The molecular weight excluding hydrogens is 366 g/mol. The number of hydrogen-bond donors (Lipinski definition) is 2. The maximum Gasteiger partial charge on any atom is 0.344 e. The van der Waals surface area contributed by atoms with Crippen LogP contribution in [0.3, 0.4) is 0 Å². The maximum absolute atomic E-state index is 12.5. The second-order valence-corrected chi connectivity index (χ2v) is 6.90. The number of nitrogens with one attached hydrogen (secondary N) is 1. The van der Waals surface area contributed by atoms with E-state index in [9.17, 15) is 14.7 Å². The summed E-state index contributed by atoms with van der Waals surface area (Å²) in [6.45, 7) is 2.73. The van der Waals surface area contributed by atoms with Crippen molar-refractivity contribution in [2.75, 3.05) is 26.4 Å². The Morgan fingerprint density at radius 1 is 1.25 bits per heavy atom. The highest BCUT2D eigenvalue weighted by atomic mass is 16.6. The smallest absolute Gasteiger partial charge is 0.344 e. The summed E-state index contributed by atoms with van der Waals surface area (Å²) in [6, 6.07) is 7.32. The number of hydrogen-bond acceptors (Lipinski definition) is 7. The molecule has 4 atom stereocenters. The number of benzene rings is 1. The number of aliphatic hydroxyl groups excluding tert-OH is 1. The molecule has 2 saturated heterocycles. The summed E-state index contributed by atoms with van der Waals surface area (Å²) < 4.78 is 22.1.